The van der Waals surface area contributed by atoms with Gasteiger partial charge < -0.3 is 15.1 Å². The monoisotopic (exact) mass is 307 g/mol. The molecule has 116 valence electrons. The number of anilines is 1. The maximum Gasteiger partial charge on any atom is 0.241 e. The Balaban J connectivity index is 2.52. The Hall–Kier alpha value is -1.62. The van der Waals surface area contributed by atoms with Crippen molar-refractivity contribution < 1.29 is 4.79 Å². The van der Waals surface area contributed by atoms with Crippen LogP contribution < -0.4 is 5.32 Å². The van der Waals surface area contributed by atoms with Gasteiger partial charge in [-0.25, -0.2) is 0 Å². The molecule has 0 atom stereocenters. The average molecular weight is 307 g/mol. The Morgan fingerprint density at radius 2 is 1.81 bits per heavy atom. The van der Waals surface area contributed by atoms with Crippen molar-refractivity contribution in [3.8, 4) is 0 Å². The van der Waals surface area contributed by atoms with Crippen LogP contribution in [0.2, 0.25) is 0 Å². The van der Waals surface area contributed by atoms with Crippen LogP contribution in [-0.2, 0) is 11.2 Å². The molecular weight excluding hydrogens is 282 g/mol. The summed E-state index contributed by atoms with van der Waals surface area (Å²) in [6.07, 6.45) is 3.52. The molecule has 0 aliphatic heterocycles. The Morgan fingerprint density at radius 3 is 2.33 bits per heavy atom. The van der Waals surface area contributed by atoms with Crippen molar-refractivity contribution in [1.82, 2.24) is 9.80 Å². The van der Waals surface area contributed by atoms with E-state index < -0.39 is 0 Å². The number of hydrogen-bond donors (Lipinski definition) is 1. The molecule has 5 heteroatoms. The molecule has 4 nitrogen and oxygen atoms in total. The van der Waals surface area contributed by atoms with Gasteiger partial charge in [0.05, 0.1) is 6.54 Å². The molecule has 21 heavy (non-hydrogen) atoms. The zero-order valence-electron chi connectivity index (χ0n) is 13.3. The molecule has 0 spiro atoms. The minimum atomic E-state index is 0.0246. The molecule has 0 unspecified atom stereocenters. The minimum absolute atomic E-state index is 0.0246. The van der Waals surface area contributed by atoms with E-state index in [1.54, 1.807) is 23.9 Å². The second kappa shape index (κ2) is 8.62. The highest BCUT2D eigenvalue weighted by molar-refractivity contribution is 7.80. The molecule has 0 aliphatic carbocycles. The predicted octanol–water partition coefficient (Wildman–Crippen LogP) is 2.75. The third kappa shape index (κ3) is 6.12. The predicted molar refractivity (Wildman–Crippen MR) is 92.6 cm³/mol. The zero-order valence-corrected chi connectivity index (χ0v) is 14.2. The van der Waals surface area contributed by atoms with Crippen molar-refractivity contribution in [1.29, 1.82) is 0 Å². The molecule has 1 N–H and O–H groups in total. The third-order valence-corrected chi connectivity index (χ3v) is 3.66. The molecule has 0 aromatic heterocycles. The lowest BCUT2D eigenvalue weighted by Gasteiger charge is -2.22. The van der Waals surface area contributed by atoms with E-state index in [4.69, 9.17) is 12.2 Å². The summed E-state index contributed by atoms with van der Waals surface area (Å²) < 4.78 is 0. The van der Waals surface area contributed by atoms with Crippen LogP contribution in [0, 0.1) is 0 Å². The SMILES string of the molecule is CCCCc1ccc(NC(=S)N(C)CC(=O)N(C)C)cc1. The van der Waals surface area contributed by atoms with Crippen LogP contribution in [-0.4, -0.2) is 48.5 Å². The number of carbonyl (C=O) groups excluding carboxylic acids is 1. The van der Waals surface area contributed by atoms with Gasteiger partial charge in [0, 0.05) is 26.8 Å². The van der Waals surface area contributed by atoms with E-state index in [9.17, 15) is 4.79 Å². The lowest BCUT2D eigenvalue weighted by molar-refractivity contribution is -0.128. The fourth-order valence-electron chi connectivity index (χ4n) is 1.77. The number of benzene rings is 1. The second-order valence-corrected chi connectivity index (χ2v) is 5.76. The van der Waals surface area contributed by atoms with Crippen LogP contribution in [0.5, 0.6) is 0 Å². The molecule has 0 heterocycles. The molecule has 0 saturated carbocycles. The first-order chi connectivity index (χ1) is 9.93. The van der Waals surface area contributed by atoms with Gasteiger partial charge in [-0.2, -0.15) is 0 Å². The van der Waals surface area contributed by atoms with Crippen LogP contribution in [0.25, 0.3) is 0 Å². The van der Waals surface area contributed by atoms with E-state index in [0.29, 0.717) is 5.11 Å². The normalized spacial score (nSPS) is 10.1. The summed E-state index contributed by atoms with van der Waals surface area (Å²) in [5.41, 5.74) is 2.29. The lowest BCUT2D eigenvalue weighted by atomic mass is 10.1. The standard InChI is InChI=1S/C16H25N3OS/c1-5-6-7-13-8-10-14(11-9-13)17-16(21)19(4)12-15(20)18(2)3/h8-11H,5-7,12H2,1-4H3,(H,17,21). The Bertz CT molecular complexity index is 471. The molecule has 1 aromatic carbocycles. The van der Waals surface area contributed by atoms with E-state index >= 15 is 0 Å². The summed E-state index contributed by atoms with van der Waals surface area (Å²) in [7, 11) is 5.29. The molecule has 0 aliphatic rings. The highest BCUT2D eigenvalue weighted by Gasteiger charge is 2.11. The molecule has 1 rings (SSSR count). The smallest absolute Gasteiger partial charge is 0.241 e. The average Bonchev–Trinajstić information content (AvgIpc) is 2.46. The quantitative estimate of drug-likeness (QED) is 0.820. The van der Waals surface area contributed by atoms with Gasteiger partial charge in [0.25, 0.3) is 0 Å². The number of aryl methyl sites for hydroxylation is 1. The van der Waals surface area contributed by atoms with Crippen molar-refractivity contribution in [2.24, 2.45) is 0 Å². The number of carbonyl (C=O) groups is 1. The van der Waals surface area contributed by atoms with Gasteiger partial charge in [0.1, 0.15) is 0 Å². The molecule has 1 amide bonds. The number of hydrogen-bond acceptors (Lipinski definition) is 2. The van der Waals surface area contributed by atoms with E-state index in [0.717, 1.165) is 12.1 Å². The number of amides is 1. The number of nitrogens with one attached hydrogen (secondary N) is 1. The minimum Gasteiger partial charge on any atom is -0.347 e. The highest BCUT2D eigenvalue weighted by Crippen LogP contribution is 2.12. The maximum atomic E-state index is 11.7. The Labute approximate surface area is 133 Å². The third-order valence-electron chi connectivity index (χ3n) is 3.24. The molecule has 0 radical (unpaired) electrons. The summed E-state index contributed by atoms with van der Waals surface area (Å²) in [6.45, 7) is 2.46. The number of nitrogens with zero attached hydrogens (tertiary/aromatic N) is 2. The molecule has 1 aromatic rings. The van der Waals surface area contributed by atoms with Gasteiger partial charge in [-0.1, -0.05) is 25.5 Å². The fourth-order valence-corrected chi connectivity index (χ4v) is 1.95. The van der Waals surface area contributed by atoms with Crippen molar-refractivity contribution >= 4 is 28.9 Å². The van der Waals surface area contributed by atoms with Crippen molar-refractivity contribution in [2.75, 3.05) is 33.0 Å². The fraction of sp³-hybridized carbons (Fsp3) is 0.500. The lowest BCUT2D eigenvalue weighted by Crippen LogP contribution is -2.39. The Morgan fingerprint density at radius 1 is 1.19 bits per heavy atom. The van der Waals surface area contributed by atoms with Gasteiger partial charge >= 0.3 is 0 Å². The van der Waals surface area contributed by atoms with Crippen LogP contribution >= 0.6 is 12.2 Å². The first kappa shape index (κ1) is 17.4. The maximum absolute atomic E-state index is 11.7. The van der Waals surface area contributed by atoms with Gasteiger partial charge in [0.2, 0.25) is 5.91 Å². The highest BCUT2D eigenvalue weighted by atomic mass is 32.1. The van der Waals surface area contributed by atoms with Gasteiger partial charge in [-0.05, 0) is 42.8 Å². The van der Waals surface area contributed by atoms with E-state index in [1.165, 1.54) is 18.4 Å². The summed E-state index contributed by atoms with van der Waals surface area (Å²) >= 11 is 5.31. The summed E-state index contributed by atoms with van der Waals surface area (Å²) in [5.74, 6) is 0.0246. The van der Waals surface area contributed by atoms with Crippen molar-refractivity contribution in [3.63, 3.8) is 0 Å². The van der Waals surface area contributed by atoms with E-state index in [-0.39, 0.29) is 12.5 Å². The first-order valence-electron chi connectivity index (χ1n) is 7.25. The van der Waals surface area contributed by atoms with Crippen LogP contribution in [0.1, 0.15) is 25.3 Å². The number of thiocarbonyl (C=S) groups is 1. The molecule has 0 fully saturated rings. The number of unbranched alkanes of at least 4 members (excludes halogenated alkanes) is 1. The topological polar surface area (TPSA) is 35.6 Å². The summed E-state index contributed by atoms with van der Waals surface area (Å²) in [6, 6.07) is 8.29. The van der Waals surface area contributed by atoms with E-state index in [1.807, 2.05) is 19.2 Å². The van der Waals surface area contributed by atoms with Crippen molar-refractivity contribution in [2.45, 2.75) is 26.2 Å². The largest absolute Gasteiger partial charge is 0.347 e. The Kier molecular flexibility index (Phi) is 7.15. The zero-order chi connectivity index (χ0) is 15.8. The van der Waals surface area contributed by atoms with Crippen LogP contribution in [0.4, 0.5) is 5.69 Å². The van der Waals surface area contributed by atoms with Crippen molar-refractivity contribution in [3.05, 3.63) is 29.8 Å². The summed E-state index contributed by atoms with van der Waals surface area (Å²) in [4.78, 5) is 14.9. The molecule has 0 bridgehead atoms. The van der Waals surface area contributed by atoms with Gasteiger partial charge in [-0.15, -0.1) is 0 Å². The van der Waals surface area contributed by atoms with Gasteiger partial charge in [0.15, 0.2) is 5.11 Å². The second-order valence-electron chi connectivity index (χ2n) is 5.37. The molecular formula is C16H25N3OS. The van der Waals surface area contributed by atoms with E-state index in [2.05, 4.69) is 24.4 Å². The molecule has 0 saturated heterocycles. The number of likely N-dealkylation sites (N-methyl/N-ethyl adjacent to an activating group) is 2. The van der Waals surface area contributed by atoms with Gasteiger partial charge in [-0.3, -0.25) is 4.79 Å². The van der Waals surface area contributed by atoms with Crippen LogP contribution in [0.3, 0.4) is 0 Å². The number of rotatable bonds is 6. The van der Waals surface area contributed by atoms with Crippen LogP contribution in [0.15, 0.2) is 24.3 Å². The first-order valence-corrected chi connectivity index (χ1v) is 7.66. The summed E-state index contributed by atoms with van der Waals surface area (Å²) in [5, 5.41) is 3.70.